The molecule has 2 heterocycles. The van der Waals surface area contributed by atoms with Crippen molar-refractivity contribution in [3.63, 3.8) is 0 Å². The molecule has 22 heteroatoms. The summed E-state index contributed by atoms with van der Waals surface area (Å²) in [7, 11) is 3.14. The van der Waals surface area contributed by atoms with Gasteiger partial charge in [-0.2, -0.15) is 0 Å². The number of hydrogen-bond donors (Lipinski definition) is 4. The van der Waals surface area contributed by atoms with Crippen LogP contribution in [-0.2, 0) is 59.0 Å². The molecular formula is C60H80N6O16. The molecule has 446 valence electrons. The summed E-state index contributed by atoms with van der Waals surface area (Å²) >= 11 is 0. The number of fused-ring (bicyclic) bond motifs is 1. The Kier molecular flexibility index (Phi) is 26.6. The Morgan fingerprint density at radius 1 is 0.756 bits per heavy atom. The van der Waals surface area contributed by atoms with Crippen LogP contribution in [0.5, 0.6) is 17.2 Å². The zero-order valence-corrected chi connectivity index (χ0v) is 47.9. The van der Waals surface area contributed by atoms with Crippen LogP contribution in [0.15, 0.2) is 60.7 Å². The van der Waals surface area contributed by atoms with Crippen molar-refractivity contribution < 1.29 is 76.4 Å². The Morgan fingerprint density at radius 3 is 2.07 bits per heavy atom. The third kappa shape index (κ3) is 19.3. The van der Waals surface area contributed by atoms with Gasteiger partial charge in [-0.05, 0) is 111 Å². The van der Waals surface area contributed by atoms with Crippen molar-refractivity contribution in [2.24, 2.45) is 11.1 Å². The van der Waals surface area contributed by atoms with Crippen LogP contribution in [0.1, 0.15) is 136 Å². The fourth-order valence-corrected chi connectivity index (χ4v) is 9.48. The topological polar surface area (TPSA) is 295 Å². The predicted octanol–water partition coefficient (Wildman–Crippen LogP) is 5.05. The maximum atomic E-state index is 14.3. The van der Waals surface area contributed by atoms with Gasteiger partial charge in [-0.3, -0.25) is 48.1 Å². The number of hydrogen-bond acceptors (Lipinski definition) is 16. The maximum absolute atomic E-state index is 14.3. The van der Waals surface area contributed by atoms with Crippen molar-refractivity contribution in [3.05, 3.63) is 82.9 Å². The van der Waals surface area contributed by atoms with Gasteiger partial charge in [0.05, 0.1) is 57.8 Å². The molecule has 3 aromatic rings. The summed E-state index contributed by atoms with van der Waals surface area (Å²) in [4.78, 5) is 131. The lowest BCUT2D eigenvalue weighted by Crippen LogP contribution is -2.52. The average Bonchev–Trinajstić information content (AvgIpc) is 3.74. The average molecular weight is 1140 g/mol. The molecule has 5 N–H and O–H groups in total. The lowest BCUT2D eigenvalue weighted by Gasteiger charge is -2.36. The van der Waals surface area contributed by atoms with E-state index in [0.29, 0.717) is 121 Å². The number of carbonyl (C=O) groups excluding carboxylic acids is 10. The quantitative estimate of drug-likeness (QED) is 0.0252. The lowest BCUT2D eigenvalue weighted by atomic mass is 9.82. The minimum atomic E-state index is -1.31. The van der Waals surface area contributed by atoms with Gasteiger partial charge in [0, 0.05) is 69.6 Å². The number of piperidine rings is 1. The van der Waals surface area contributed by atoms with Crippen molar-refractivity contribution in [2.75, 3.05) is 85.4 Å². The van der Waals surface area contributed by atoms with E-state index in [1.807, 2.05) is 43.3 Å². The Bertz CT molecular complexity index is 2710. The molecule has 0 saturated carbocycles. The third-order valence-electron chi connectivity index (χ3n) is 14.5. The van der Waals surface area contributed by atoms with E-state index in [-0.39, 0.29) is 79.0 Å². The number of rotatable bonds is 38. The number of likely N-dealkylation sites (tertiary alicyclic amines) is 1. The molecule has 3 atom stereocenters. The third-order valence-corrected chi connectivity index (χ3v) is 14.5. The first-order valence-corrected chi connectivity index (χ1v) is 28.1. The SMILES string of the molecule is CCC(C)(C)C(=O)C(=O)N1CCCCC1C(=O)CC(CCc1ccc(OC)c(OC)c1)c1cccc(NC(=O)CCC(=O)NCCCOCCOCCOCCCNC(=O)COc2cccc3c2C(=O)N(C(CCC=O)C(N)=O)C3=O)c1. The van der Waals surface area contributed by atoms with Crippen LogP contribution in [0.4, 0.5) is 5.69 Å². The smallest absolute Gasteiger partial charge is 0.291 e. The van der Waals surface area contributed by atoms with E-state index in [4.69, 9.17) is 34.2 Å². The fourth-order valence-electron chi connectivity index (χ4n) is 9.48. The molecule has 3 aromatic carbocycles. The number of methoxy groups -OCH3 is 2. The molecule has 2 aliphatic heterocycles. The Labute approximate surface area is 479 Å². The number of nitrogens with two attached hydrogens (primary N) is 1. The largest absolute Gasteiger partial charge is 0.493 e. The first kappa shape index (κ1) is 65.3. The highest BCUT2D eigenvalue weighted by molar-refractivity contribution is 6.38. The highest BCUT2D eigenvalue weighted by atomic mass is 16.5. The van der Waals surface area contributed by atoms with E-state index in [2.05, 4.69) is 16.0 Å². The van der Waals surface area contributed by atoms with Gasteiger partial charge in [0.2, 0.25) is 23.5 Å². The van der Waals surface area contributed by atoms with Gasteiger partial charge in [-0.15, -0.1) is 0 Å². The van der Waals surface area contributed by atoms with Crippen LogP contribution in [0, 0.1) is 5.41 Å². The summed E-state index contributed by atoms with van der Waals surface area (Å²) in [5, 5.41) is 8.40. The van der Waals surface area contributed by atoms with Gasteiger partial charge in [0.25, 0.3) is 23.6 Å². The van der Waals surface area contributed by atoms with Crippen LogP contribution < -0.4 is 35.9 Å². The highest BCUT2D eigenvalue weighted by Crippen LogP contribution is 2.35. The summed E-state index contributed by atoms with van der Waals surface area (Å²) in [6.45, 7) is 7.96. The number of benzene rings is 3. The monoisotopic (exact) mass is 1140 g/mol. The molecule has 0 aliphatic carbocycles. The summed E-state index contributed by atoms with van der Waals surface area (Å²) < 4.78 is 33.2. The number of aryl methyl sites for hydroxylation is 1. The van der Waals surface area contributed by atoms with Crippen LogP contribution in [0.2, 0.25) is 0 Å². The van der Waals surface area contributed by atoms with E-state index < -0.39 is 59.4 Å². The van der Waals surface area contributed by atoms with Crippen molar-refractivity contribution in [2.45, 2.75) is 122 Å². The second-order valence-corrected chi connectivity index (χ2v) is 20.7. The molecule has 22 nitrogen and oxygen atoms in total. The number of ketones is 2. The van der Waals surface area contributed by atoms with Gasteiger partial charge in [-0.1, -0.05) is 45.0 Å². The molecule has 5 rings (SSSR count). The predicted molar refractivity (Wildman–Crippen MR) is 301 cm³/mol. The van der Waals surface area contributed by atoms with E-state index in [1.54, 1.807) is 34.1 Å². The summed E-state index contributed by atoms with van der Waals surface area (Å²) in [5.74, 6) is -3.90. The Hall–Kier alpha value is -7.56. The molecular weight excluding hydrogens is 1060 g/mol. The number of imide groups is 1. The number of amides is 7. The van der Waals surface area contributed by atoms with Crippen LogP contribution in [-0.4, -0.2) is 161 Å². The lowest BCUT2D eigenvalue weighted by molar-refractivity contribution is -0.153. The number of nitrogens with zero attached hydrogens (tertiary/aromatic N) is 2. The second kappa shape index (κ2) is 33.4. The minimum Gasteiger partial charge on any atom is -0.493 e. The summed E-state index contributed by atoms with van der Waals surface area (Å²) in [5.41, 5.74) is 6.81. The molecule has 1 fully saturated rings. The molecule has 0 radical (unpaired) electrons. The maximum Gasteiger partial charge on any atom is 0.291 e. The molecule has 0 spiro atoms. The highest BCUT2D eigenvalue weighted by Gasteiger charge is 2.44. The van der Waals surface area contributed by atoms with Crippen LogP contribution in [0.25, 0.3) is 0 Å². The number of anilines is 1. The number of Topliss-reactive ketones (excluding diaryl/α,β-unsaturated/α-hetero) is 2. The zero-order valence-electron chi connectivity index (χ0n) is 47.9. The van der Waals surface area contributed by atoms with E-state index in [1.165, 1.54) is 23.1 Å². The Balaban J connectivity index is 0.943. The second-order valence-electron chi connectivity index (χ2n) is 20.7. The molecule has 7 amide bonds. The van der Waals surface area contributed by atoms with Gasteiger partial charge < -0.3 is 59.8 Å². The molecule has 0 aromatic heterocycles. The summed E-state index contributed by atoms with van der Waals surface area (Å²) in [6.07, 6.45) is 5.06. The number of aldehydes is 1. The first-order chi connectivity index (χ1) is 39.4. The van der Waals surface area contributed by atoms with Crippen molar-refractivity contribution in [3.8, 4) is 17.2 Å². The van der Waals surface area contributed by atoms with Gasteiger partial charge >= 0.3 is 0 Å². The number of primary amides is 1. The van der Waals surface area contributed by atoms with Crippen molar-refractivity contribution in [1.82, 2.24) is 20.4 Å². The Morgan fingerprint density at radius 2 is 1.41 bits per heavy atom. The van der Waals surface area contributed by atoms with Gasteiger partial charge in [-0.25, -0.2) is 0 Å². The zero-order chi connectivity index (χ0) is 59.6. The van der Waals surface area contributed by atoms with Gasteiger partial charge in [0.15, 0.2) is 23.9 Å². The van der Waals surface area contributed by atoms with Crippen molar-refractivity contribution in [1.29, 1.82) is 0 Å². The van der Waals surface area contributed by atoms with Crippen molar-refractivity contribution >= 4 is 64.9 Å². The fraction of sp³-hybridized carbons (Fsp3) is 0.533. The normalized spacial score (nSPS) is 14.8. The van der Waals surface area contributed by atoms with Crippen LogP contribution >= 0.6 is 0 Å². The summed E-state index contributed by atoms with van der Waals surface area (Å²) in [6, 6.07) is 15.3. The van der Waals surface area contributed by atoms with E-state index in [9.17, 15) is 47.9 Å². The minimum absolute atomic E-state index is 0.000261. The molecule has 2 aliphatic rings. The molecule has 3 unspecified atom stereocenters. The standard InChI is InChI=1S/C60H80N6O16/c1-6-60(2,3)55(72)59(76)65-28-8-7-17-45(65)47(68)38-42(22-20-40-21-23-48(77-4)50(36-40)78-5)41-14-9-15-43(37-41)64-52(70)25-24-51(69)62-26-12-30-79-32-34-81-35-33-80-31-13-27-63-53(71)39-82-49-19-10-16-44-54(49)58(75)66(57(44)74)46(56(61)73)18-11-29-67/h9-10,14-16,19,21,23,29,36-37,42,45-46H,6-8,11-13,17-18,20,22,24-28,30-35,38-39H2,1-5H3,(H2,61,73)(H,62,69)(H,63,71)(H,64,70). The molecule has 0 bridgehead atoms. The molecule has 82 heavy (non-hydrogen) atoms. The van der Waals surface area contributed by atoms with Crippen LogP contribution in [0.3, 0.4) is 0 Å². The molecule has 1 saturated heterocycles. The van der Waals surface area contributed by atoms with Gasteiger partial charge in [0.1, 0.15) is 18.1 Å². The first-order valence-electron chi connectivity index (χ1n) is 28.1. The number of carbonyl (C=O) groups is 10. The number of nitrogens with one attached hydrogen (secondary N) is 3. The number of ether oxygens (including phenoxy) is 6. The van der Waals surface area contributed by atoms with E-state index in [0.717, 1.165) is 22.4 Å². The van der Waals surface area contributed by atoms with E-state index >= 15 is 0 Å².